The van der Waals surface area contributed by atoms with Crippen LogP contribution in [-0.2, 0) is 0 Å². The van der Waals surface area contributed by atoms with Gasteiger partial charge >= 0.3 is 0 Å². The van der Waals surface area contributed by atoms with Gasteiger partial charge in [-0.1, -0.05) is 91.0 Å². The monoisotopic (exact) mass is 635 g/mol. The van der Waals surface area contributed by atoms with Gasteiger partial charge in [0.25, 0.3) is 0 Å². The Labute approximate surface area is 288 Å². The summed E-state index contributed by atoms with van der Waals surface area (Å²) in [4.78, 5) is 3.70. The van der Waals surface area contributed by atoms with E-state index < -0.39 is 0 Å². The van der Waals surface area contributed by atoms with Crippen molar-refractivity contribution in [2.75, 3.05) is 0 Å². The lowest BCUT2D eigenvalue weighted by molar-refractivity contribution is 1.18. The Morgan fingerprint density at radius 2 is 1.18 bits per heavy atom. The highest BCUT2D eigenvalue weighted by molar-refractivity contribution is 6.11. The van der Waals surface area contributed by atoms with Crippen molar-refractivity contribution in [3.05, 3.63) is 174 Å². The van der Waals surface area contributed by atoms with Crippen LogP contribution in [-0.4, -0.2) is 9.13 Å². The average Bonchev–Trinajstić information content (AvgIpc) is 3.69. The summed E-state index contributed by atoms with van der Waals surface area (Å²) >= 11 is 0. The molecule has 0 radical (unpaired) electrons. The molecule has 230 valence electrons. The van der Waals surface area contributed by atoms with E-state index in [-0.39, 0.29) is 0 Å². The topological polar surface area (TPSA) is 61.8 Å². The van der Waals surface area contributed by atoms with Crippen molar-refractivity contribution in [3.8, 4) is 45.8 Å². The summed E-state index contributed by atoms with van der Waals surface area (Å²) in [6.07, 6.45) is 0. The van der Waals surface area contributed by atoms with E-state index in [0.717, 1.165) is 66.5 Å². The summed E-state index contributed by atoms with van der Waals surface area (Å²) in [6, 6.07) is 55.6. The second kappa shape index (κ2) is 11.4. The molecule has 0 unspecified atom stereocenters. The fraction of sp³-hybridized carbons (Fsp3) is 0. The van der Waals surface area contributed by atoms with Crippen LogP contribution in [0.4, 0.5) is 5.69 Å². The molecule has 0 saturated heterocycles. The van der Waals surface area contributed by atoms with Gasteiger partial charge in [-0.05, 0) is 71.8 Å². The highest BCUT2D eigenvalue weighted by Crippen LogP contribution is 2.40. The van der Waals surface area contributed by atoms with Crippen molar-refractivity contribution in [2.45, 2.75) is 0 Å². The van der Waals surface area contributed by atoms with Gasteiger partial charge in [0.05, 0.1) is 52.1 Å². The highest BCUT2D eigenvalue weighted by Gasteiger charge is 2.19. The molecule has 0 spiro atoms. The predicted octanol–water partition coefficient (Wildman–Crippen LogP) is 11.5. The fourth-order valence-electron chi connectivity index (χ4n) is 7.38. The molecule has 5 nitrogen and oxygen atoms in total. The Morgan fingerprint density at radius 1 is 0.480 bits per heavy atom. The summed E-state index contributed by atoms with van der Waals surface area (Å²) in [5, 5.41) is 24.5. The van der Waals surface area contributed by atoms with E-state index in [1.807, 2.05) is 72.8 Å². The number of benzene rings is 7. The number of hydrogen-bond donors (Lipinski definition) is 0. The Balaban J connectivity index is 1.20. The van der Waals surface area contributed by atoms with Crippen molar-refractivity contribution in [1.29, 1.82) is 10.5 Å². The Bertz CT molecular complexity index is 2920. The van der Waals surface area contributed by atoms with E-state index in [0.29, 0.717) is 16.8 Å². The molecule has 0 fully saturated rings. The molecule has 0 aliphatic carbocycles. The third kappa shape index (κ3) is 4.38. The molecule has 0 aliphatic heterocycles. The molecule has 50 heavy (non-hydrogen) atoms. The minimum absolute atomic E-state index is 0.532. The number of nitrogens with zero attached hydrogens (tertiary/aromatic N) is 5. The maximum absolute atomic E-state index is 10.6. The second-order valence-corrected chi connectivity index (χ2v) is 12.3. The molecule has 0 amide bonds. The summed E-state index contributed by atoms with van der Waals surface area (Å²) in [7, 11) is 0. The lowest BCUT2D eigenvalue weighted by Crippen LogP contribution is -1.98. The van der Waals surface area contributed by atoms with E-state index >= 15 is 0 Å². The lowest BCUT2D eigenvalue weighted by Gasteiger charge is -2.16. The first kappa shape index (κ1) is 28.8. The van der Waals surface area contributed by atoms with Gasteiger partial charge in [0.1, 0.15) is 0 Å². The standard InChI is InChI=1S/C45H25N5/c1-48-33-19-21-39-40-23-29(27-46)17-22-44(40)50(45(39)26-33)43-16-7-2-11-36(43)35-20-18-31(24-32(35)28-47)30-9-8-10-34(25-30)49-41-14-5-3-12-37(41)38-13-4-6-15-42(38)49/h2-26H. The third-order valence-electron chi connectivity index (χ3n) is 9.60. The summed E-state index contributed by atoms with van der Waals surface area (Å²) in [5.41, 5.74) is 11.4. The van der Waals surface area contributed by atoms with E-state index in [1.54, 1.807) is 0 Å². The minimum Gasteiger partial charge on any atom is -0.310 e. The first-order valence-electron chi connectivity index (χ1n) is 16.3. The zero-order valence-electron chi connectivity index (χ0n) is 26.7. The maximum atomic E-state index is 10.6. The quantitative estimate of drug-likeness (QED) is 0.181. The van der Waals surface area contributed by atoms with Crippen LogP contribution < -0.4 is 0 Å². The summed E-state index contributed by atoms with van der Waals surface area (Å²) < 4.78 is 4.44. The van der Waals surface area contributed by atoms with Gasteiger partial charge in [-0.25, -0.2) is 4.85 Å². The largest absolute Gasteiger partial charge is 0.310 e. The van der Waals surface area contributed by atoms with Crippen molar-refractivity contribution in [2.24, 2.45) is 0 Å². The summed E-state index contributed by atoms with van der Waals surface area (Å²) in [6.45, 7) is 7.67. The van der Waals surface area contributed by atoms with Crippen LogP contribution in [0.25, 0.3) is 82.1 Å². The molecule has 0 N–H and O–H groups in total. The number of nitriles is 2. The second-order valence-electron chi connectivity index (χ2n) is 12.3. The average molecular weight is 636 g/mol. The van der Waals surface area contributed by atoms with Gasteiger partial charge in [-0.3, -0.25) is 0 Å². The number of fused-ring (bicyclic) bond motifs is 6. The van der Waals surface area contributed by atoms with Crippen molar-refractivity contribution in [3.63, 3.8) is 0 Å². The number of aromatic nitrogens is 2. The van der Waals surface area contributed by atoms with Gasteiger partial charge in [-0.2, -0.15) is 10.5 Å². The van der Waals surface area contributed by atoms with Crippen LogP contribution in [0.3, 0.4) is 0 Å². The van der Waals surface area contributed by atoms with Crippen LogP contribution in [0.15, 0.2) is 152 Å². The number of hydrogen-bond acceptors (Lipinski definition) is 2. The third-order valence-corrected chi connectivity index (χ3v) is 9.60. The van der Waals surface area contributed by atoms with E-state index in [4.69, 9.17) is 6.57 Å². The molecule has 5 heteroatoms. The normalized spacial score (nSPS) is 11.1. The van der Waals surface area contributed by atoms with Crippen LogP contribution in [0, 0.1) is 29.2 Å². The number of rotatable bonds is 4. The maximum Gasteiger partial charge on any atom is 0.189 e. The molecule has 2 aromatic heterocycles. The fourth-order valence-corrected chi connectivity index (χ4v) is 7.38. The molecule has 0 saturated carbocycles. The van der Waals surface area contributed by atoms with Gasteiger partial charge in [0.15, 0.2) is 5.69 Å². The van der Waals surface area contributed by atoms with Gasteiger partial charge in [0, 0.05) is 43.9 Å². The van der Waals surface area contributed by atoms with E-state index in [9.17, 15) is 10.5 Å². The molecular weight excluding hydrogens is 611 g/mol. The van der Waals surface area contributed by atoms with Gasteiger partial charge in [0.2, 0.25) is 0 Å². The Kier molecular flexibility index (Phi) is 6.56. The van der Waals surface area contributed by atoms with Crippen LogP contribution in [0.2, 0.25) is 0 Å². The molecule has 7 aromatic carbocycles. The molecule has 9 rings (SSSR count). The zero-order chi connectivity index (χ0) is 33.8. The molecule has 0 atom stereocenters. The van der Waals surface area contributed by atoms with Crippen LogP contribution >= 0.6 is 0 Å². The molecule has 2 heterocycles. The SMILES string of the molecule is [C-]#[N+]c1ccc2c3cc(C#N)ccc3n(-c3ccccc3-c3ccc(-c4cccc(-n5c6ccccc6c6ccccc65)c4)cc3C#N)c2c1. The highest BCUT2D eigenvalue weighted by atomic mass is 15.0. The van der Waals surface area contributed by atoms with Crippen molar-refractivity contribution < 1.29 is 0 Å². The lowest BCUT2D eigenvalue weighted by atomic mass is 9.94. The Morgan fingerprint density at radius 3 is 1.94 bits per heavy atom. The molecule has 9 aromatic rings. The first-order valence-corrected chi connectivity index (χ1v) is 16.3. The summed E-state index contributed by atoms with van der Waals surface area (Å²) in [5.74, 6) is 0. The minimum atomic E-state index is 0.532. The number of para-hydroxylation sites is 3. The van der Waals surface area contributed by atoms with E-state index in [2.05, 4.69) is 105 Å². The van der Waals surface area contributed by atoms with Gasteiger partial charge < -0.3 is 9.13 Å². The predicted molar refractivity (Wildman–Crippen MR) is 202 cm³/mol. The van der Waals surface area contributed by atoms with E-state index in [1.165, 1.54) is 10.8 Å². The van der Waals surface area contributed by atoms with Crippen molar-refractivity contribution in [1.82, 2.24) is 9.13 Å². The van der Waals surface area contributed by atoms with Crippen LogP contribution in [0.5, 0.6) is 0 Å². The first-order chi connectivity index (χ1) is 24.7. The van der Waals surface area contributed by atoms with Crippen LogP contribution in [0.1, 0.15) is 11.1 Å². The van der Waals surface area contributed by atoms with Gasteiger partial charge in [-0.15, -0.1) is 0 Å². The molecule has 0 bridgehead atoms. The van der Waals surface area contributed by atoms with Crippen molar-refractivity contribution >= 4 is 49.3 Å². The molecule has 0 aliphatic rings. The smallest absolute Gasteiger partial charge is 0.189 e. The Hall–Kier alpha value is -7.39. The zero-order valence-corrected chi connectivity index (χ0v) is 26.7. The molecular formula is C45H25N5.